The Bertz CT molecular complexity index is 657. The molecule has 1 amide bonds. The van der Waals surface area contributed by atoms with Gasteiger partial charge in [0.15, 0.2) is 11.6 Å². The Hall–Kier alpha value is -2.37. The van der Waals surface area contributed by atoms with Crippen LogP contribution in [0.15, 0.2) is 30.5 Å². The van der Waals surface area contributed by atoms with Crippen molar-refractivity contribution < 1.29 is 13.9 Å². The molecule has 2 aromatic rings. The molecule has 0 saturated carbocycles. The van der Waals surface area contributed by atoms with Crippen LogP contribution in [0.25, 0.3) is 0 Å². The Balaban J connectivity index is 1.87. The van der Waals surface area contributed by atoms with E-state index in [0.29, 0.717) is 12.1 Å². The first-order valence-corrected chi connectivity index (χ1v) is 7.34. The fourth-order valence-electron chi connectivity index (χ4n) is 2.92. The lowest BCUT2D eigenvalue weighted by molar-refractivity contribution is 0.0605. The minimum atomic E-state index is -0.525. The number of rotatable bonds is 3. The standard InChI is InChI=1S/C16H18FN3O2/c1-22-15-6-5-11(10-12(15)17)16(21)20-9-3-2-4-14(20)13-7-8-18-19-13/h5-8,10,14H,2-4,9H2,1H3,(H,18,19). The highest BCUT2D eigenvalue weighted by Crippen LogP contribution is 2.31. The number of aromatic nitrogens is 2. The van der Waals surface area contributed by atoms with E-state index < -0.39 is 5.82 Å². The highest BCUT2D eigenvalue weighted by Gasteiger charge is 2.29. The van der Waals surface area contributed by atoms with Gasteiger partial charge in [0.25, 0.3) is 5.91 Å². The molecule has 1 atom stereocenters. The second-order valence-corrected chi connectivity index (χ2v) is 5.37. The Labute approximate surface area is 128 Å². The second-order valence-electron chi connectivity index (χ2n) is 5.37. The third-order valence-electron chi connectivity index (χ3n) is 4.04. The molecule has 2 heterocycles. The minimum absolute atomic E-state index is 0.0334. The van der Waals surface area contributed by atoms with Gasteiger partial charge in [-0.25, -0.2) is 4.39 Å². The highest BCUT2D eigenvalue weighted by molar-refractivity contribution is 5.94. The van der Waals surface area contributed by atoms with Crippen molar-refractivity contribution in [2.75, 3.05) is 13.7 Å². The number of halogens is 1. The molecule has 1 unspecified atom stereocenters. The van der Waals surface area contributed by atoms with Gasteiger partial charge in [-0.15, -0.1) is 0 Å². The first kappa shape index (κ1) is 14.6. The number of hydrogen-bond acceptors (Lipinski definition) is 3. The molecular formula is C16H18FN3O2. The lowest BCUT2D eigenvalue weighted by atomic mass is 9.98. The number of piperidine rings is 1. The maximum atomic E-state index is 13.8. The number of nitrogens with zero attached hydrogens (tertiary/aromatic N) is 2. The molecule has 1 aromatic carbocycles. The van der Waals surface area contributed by atoms with Gasteiger partial charge in [-0.1, -0.05) is 0 Å². The molecule has 0 radical (unpaired) electrons. The molecule has 1 saturated heterocycles. The predicted molar refractivity (Wildman–Crippen MR) is 79.2 cm³/mol. The molecule has 1 N–H and O–H groups in total. The fraction of sp³-hybridized carbons (Fsp3) is 0.375. The maximum Gasteiger partial charge on any atom is 0.254 e. The average Bonchev–Trinajstić information content (AvgIpc) is 3.08. The Morgan fingerprint density at radius 3 is 2.95 bits per heavy atom. The normalized spacial score (nSPS) is 18.3. The molecule has 1 aromatic heterocycles. The SMILES string of the molecule is COc1ccc(C(=O)N2CCCCC2c2ccn[nH]2)cc1F. The second kappa shape index (κ2) is 6.17. The molecule has 1 fully saturated rings. The first-order chi connectivity index (χ1) is 10.7. The third kappa shape index (κ3) is 2.68. The number of hydrogen-bond donors (Lipinski definition) is 1. The molecule has 22 heavy (non-hydrogen) atoms. The van der Waals surface area contributed by atoms with Crippen LogP contribution in [0, 0.1) is 5.82 Å². The summed E-state index contributed by atoms with van der Waals surface area (Å²) in [6, 6.07) is 6.17. The summed E-state index contributed by atoms with van der Waals surface area (Å²) in [5.74, 6) is -0.551. The molecule has 0 aliphatic carbocycles. The van der Waals surface area contributed by atoms with E-state index in [-0.39, 0.29) is 17.7 Å². The zero-order valence-corrected chi connectivity index (χ0v) is 12.4. The van der Waals surface area contributed by atoms with Crippen molar-refractivity contribution in [3.05, 3.63) is 47.5 Å². The zero-order valence-electron chi connectivity index (χ0n) is 12.4. The minimum Gasteiger partial charge on any atom is -0.494 e. The van der Waals surface area contributed by atoms with Crippen molar-refractivity contribution in [3.8, 4) is 5.75 Å². The smallest absolute Gasteiger partial charge is 0.254 e. The monoisotopic (exact) mass is 303 g/mol. The predicted octanol–water partition coefficient (Wildman–Crippen LogP) is 2.92. The third-order valence-corrected chi connectivity index (χ3v) is 4.04. The van der Waals surface area contributed by atoms with Crippen LogP contribution < -0.4 is 4.74 Å². The van der Waals surface area contributed by atoms with Crippen LogP contribution in [0.5, 0.6) is 5.75 Å². The van der Waals surface area contributed by atoms with Crippen LogP contribution >= 0.6 is 0 Å². The molecule has 1 aliphatic heterocycles. The molecule has 5 nitrogen and oxygen atoms in total. The van der Waals surface area contributed by atoms with Gasteiger partial charge >= 0.3 is 0 Å². The van der Waals surface area contributed by atoms with Crippen LogP contribution in [-0.4, -0.2) is 34.7 Å². The number of amides is 1. The number of ether oxygens (including phenoxy) is 1. The molecular weight excluding hydrogens is 285 g/mol. The van der Waals surface area contributed by atoms with Crippen LogP contribution in [0.4, 0.5) is 4.39 Å². The number of methoxy groups -OCH3 is 1. The number of carbonyl (C=O) groups excluding carboxylic acids is 1. The van der Waals surface area contributed by atoms with E-state index in [1.54, 1.807) is 17.2 Å². The summed E-state index contributed by atoms with van der Waals surface area (Å²) in [6.45, 7) is 0.663. The number of carbonyl (C=O) groups is 1. The van der Waals surface area contributed by atoms with Gasteiger partial charge in [0.1, 0.15) is 0 Å². The Kier molecular flexibility index (Phi) is 4.09. The van der Waals surface area contributed by atoms with Crippen molar-refractivity contribution in [2.24, 2.45) is 0 Å². The Morgan fingerprint density at radius 2 is 2.27 bits per heavy atom. The van der Waals surface area contributed by atoms with E-state index in [2.05, 4.69) is 10.2 Å². The average molecular weight is 303 g/mol. The summed E-state index contributed by atoms with van der Waals surface area (Å²) >= 11 is 0. The lowest BCUT2D eigenvalue weighted by Crippen LogP contribution is -2.38. The molecule has 0 spiro atoms. The highest BCUT2D eigenvalue weighted by atomic mass is 19.1. The summed E-state index contributed by atoms with van der Waals surface area (Å²) in [6.07, 6.45) is 4.58. The van der Waals surface area contributed by atoms with E-state index in [4.69, 9.17) is 4.74 Å². The summed E-state index contributed by atoms with van der Waals surface area (Å²) in [5.41, 5.74) is 1.26. The van der Waals surface area contributed by atoms with E-state index in [9.17, 15) is 9.18 Å². The fourth-order valence-corrected chi connectivity index (χ4v) is 2.92. The molecule has 116 valence electrons. The zero-order chi connectivity index (χ0) is 15.5. The maximum absolute atomic E-state index is 13.8. The van der Waals surface area contributed by atoms with Crippen molar-refractivity contribution in [1.29, 1.82) is 0 Å². The van der Waals surface area contributed by atoms with Crippen LogP contribution in [0.1, 0.15) is 41.4 Å². The number of aromatic amines is 1. The van der Waals surface area contributed by atoms with E-state index in [1.165, 1.54) is 19.2 Å². The van der Waals surface area contributed by atoms with E-state index >= 15 is 0 Å². The molecule has 1 aliphatic rings. The Morgan fingerprint density at radius 1 is 1.41 bits per heavy atom. The van der Waals surface area contributed by atoms with E-state index in [1.807, 2.05) is 6.07 Å². The number of H-pyrrole nitrogens is 1. The van der Waals surface area contributed by atoms with Crippen molar-refractivity contribution in [3.63, 3.8) is 0 Å². The van der Waals surface area contributed by atoms with Crippen molar-refractivity contribution in [2.45, 2.75) is 25.3 Å². The topological polar surface area (TPSA) is 58.2 Å². The van der Waals surface area contributed by atoms with Gasteiger partial charge in [0.2, 0.25) is 0 Å². The first-order valence-electron chi connectivity index (χ1n) is 7.34. The van der Waals surface area contributed by atoms with Gasteiger partial charge in [-0.3, -0.25) is 9.89 Å². The summed E-state index contributed by atoms with van der Waals surface area (Å²) in [4.78, 5) is 14.5. The van der Waals surface area contributed by atoms with Gasteiger partial charge in [-0.2, -0.15) is 5.10 Å². The summed E-state index contributed by atoms with van der Waals surface area (Å²) < 4.78 is 18.7. The van der Waals surface area contributed by atoms with Crippen LogP contribution in [0.3, 0.4) is 0 Å². The largest absolute Gasteiger partial charge is 0.494 e. The quantitative estimate of drug-likeness (QED) is 0.948. The molecule has 3 rings (SSSR count). The number of benzene rings is 1. The van der Waals surface area contributed by atoms with Crippen LogP contribution in [0.2, 0.25) is 0 Å². The van der Waals surface area contributed by atoms with Crippen LogP contribution in [-0.2, 0) is 0 Å². The number of likely N-dealkylation sites (tertiary alicyclic amines) is 1. The van der Waals surface area contributed by atoms with Gasteiger partial charge in [0.05, 0.1) is 18.8 Å². The van der Waals surface area contributed by atoms with Crippen molar-refractivity contribution in [1.82, 2.24) is 15.1 Å². The van der Waals surface area contributed by atoms with Crippen molar-refractivity contribution >= 4 is 5.91 Å². The van der Waals surface area contributed by atoms with Gasteiger partial charge in [-0.05, 0) is 43.5 Å². The number of nitrogens with one attached hydrogen (secondary N) is 1. The molecule has 6 heteroatoms. The van der Waals surface area contributed by atoms with Gasteiger partial charge < -0.3 is 9.64 Å². The van der Waals surface area contributed by atoms with E-state index in [0.717, 1.165) is 25.0 Å². The lowest BCUT2D eigenvalue weighted by Gasteiger charge is -2.35. The van der Waals surface area contributed by atoms with Gasteiger partial charge in [0, 0.05) is 18.3 Å². The summed E-state index contributed by atoms with van der Waals surface area (Å²) in [5, 5.41) is 6.90. The summed E-state index contributed by atoms with van der Waals surface area (Å²) in [7, 11) is 1.40. The molecule has 0 bridgehead atoms.